The van der Waals surface area contributed by atoms with Crippen molar-refractivity contribution in [1.29, 1.82) is 0 Å². The van der Waals surface area contributed by atoms with Crippen molar-refractivity contribution in [3.8, 4) is 5.69 Å². The van der Waals surface area contributed by atoms with Gasteiger partial charge in [0.15, 0.2) is 5.16 Å². The van der Waals surface area contributed by atoms with Crippen LogP contribution in [0.4, 0.5) is 0 Å². The summed E-state index contributed by atoms with van der Waals surface area (Å²) in [7, 11) is 1.32. The average Bonchev–Trinajstić information content (AvgIpc) is 2.88. The van der Waals surface area contributed by atoms with Crippen LogP contribution >= 0.6 is 27.7 Å². The number of nitrogens with zero attached hydrogens (tertiary/aromatic N) is 3. The van der Waals surface area contributed by atoms with E-state index in [-0.39, 0.29) is 17.2 Å². The molecule has 0 aliphatic rings. The summed E-state index contributed by atoms with van der Waals surface area (Å²) in [5, 5.41) is 4.85. The van der Waals surface area contributed by atoms with Crippen LogP contribution in [0.1, 0.15) is 15.9 Å². The molecule has 3 aromatic carbocycles. The number of methoxy groups -OCH3 is 1. The Hall–Kier alpha value is -3.76. The number of carbonyl (C=O) groups excluding carboxylic acids is 2. The van der Waals surface area contributed by atoms with Crippen molar-refractivity contribution in [3.63, 3.8) is 0 Å². The van der Waals surface area contributed by atoms with Gasteiger partial charge < -0.3 is 4.74 Å². The molecule has 1 heterocycles. The first kappa shape index (κ1) is 24.4. The predicted molar refractivity (Wildman–Crippen MR) is 139 cm³/mol. The lowest BCUT2D eigenvalue weighted by atomic mass is 10.1. The van der Waals surface area contributed by atoms with Crippen molar-refractivity contribution < 1.29 is 14.3 Å². The lowest BCUT2D eigenvalue weighted by molar-refractivity contribution is -0.118. The lowest BCUT2D eigenvalue weighted by Gasteiger charge is -2.13. The summed E-state index contributed by atoms with van der Waals surface area (Å²) in [5.41, 5.74) is 4.58. The SMILES string of the molecule is COC(=O)c1ccc(/C=N/NC(=O)CSc2nc3ccccc3c(=O)n2-c2ccc(Br)cc2)cc1. The summed E-state index contributed by atoms with van der Waals surface area (Å²) in [5.74, 6) is -0.787. The number of ether oxygens (including phenoxy) is 1. The fraction of sp³-hybridized carbons (Fsp3) is 0.0800. The quantitative estimate of drug-likeness (QED) is 0.122. The van der Waals surface area contributed by atoms with E-state index in [0.717, 1.165) is 16.2 Å². The van der Waals surface area contributed by atoms with E-state index in [9.17, 15) is 14.4 Å². The molecule has 0 unspecified atom stereocenters. The maximum atomic E-state index is 13.2. The Morgan fingerprint density at radius 3 is 2.51 bits per heavy atom. The first-order chi connectivity index (χ1) is 17.0. The molecule has 1 N–H and O–H groups in total. The average molecular weight is 551 g/mol. The zero-order valence-electron chi connectivity index (χ0n) is 18.5. The second-order valence-electron chi connectivity index (χ2n) is 7.22. The van der Waals surface area contributed by atoms with Crippen molar-refractivity contribution in [2.45, 2.75) is 5.16 Å². The molecule has 1 aromatic heterocycles. The summed E-state index contributed by atoms with van der Waals surface area (Å²) >= 11 is 4.54. The number of aromatic nitrogens is 2. The molecular formula is C25H19BrN4O4S. The predicted octanol–water partition coefficient (Wildman–Crippen LogP) is 4.18. The van der Waals surface area contributed by atoms with Crippen LogP contribution in [-0.2, 0) is 9.53 Å². The highest BCUT2D eigenvalue weighted by molar-refractivity contribution is 9.10. The molecule has 0 atom stereocenters. The van der Waals surface area contributed by atoms with Crippen LogP contribution in [0, 0.1) is 0 Å². The number of hydrazone groups is 1. The summed E-state index contributed by atoms with van der Waals surface area (Å²) in [6, 6.07) is 21.0. The molecule has 0 radical (unpaired) electrons. The molecule has 0 aliphatic heterocycles. The van der Waals surface area contributed by atoms with E-state index < -0.39 is 5.97 Å². The van der Waals surface area contributed by atoms with Crippen LogP contribution in [0.2, 0.25) is 0 Å². The number of carbonyl (C=O) groups is 2. The topological polar surface area (TPSA) is 103 Å². The van der Waals surface area contributed by atoms with Gasteiger partial charge in [0.05, 0.1) is 41.2 Å². The van der Waals surface area contributed by atoms with Gasteiger partial charge in [0.25, 0.3) is 11.5 Å². The first-order valence-corrected chi connectivity index (χ1v) is 12.1. The molecule has 0 spiro atoms. The minimum atomic E-state index is -0.428. The number of hydrogen-bond acceptors (Lipinski definition) is 7. The number of fused-ring (bicyclic) bond motifs is 1. The third-order valence-electron chi connectivity index (χ3n) is 4.90. The number of esters is 1. The standard InChI is InChI=1S/C25H19BrN4O4S/c1-34-24(33)17-8-6-16(7-9-17)14-27-29-22(31)15-35-25-28-21-5-3-2-4-20(21)23(32)30(25)19-12-10-18(26)11-13-19/h2-14H,15H2,1H3,(H,29,31)/b27-14+. The summed E-state index contributed by atoms with van der Waals surface area (Å²) in [6.07, 6.45) is 1.47. The fourth-order valence-corrected chi connectivity index (χ4v) is 4.26. The number of amides is 1. The van der Waals surface area contributed by atoms with Gasteiger partial charge in [0.1, 0.15) is 0 Å². The van der Waals surface area contributed by atoms with Gasteiger partial charge in [-0.25, -0.2) is 15.2 Å². The smallest absolute Gasteiger partial charge is 0.337 e. The van der Waals surface area contributed by atoms with E-state index in [0.29, 0.717) is 32.9 Å². The van der Waals surface area contributed by atoms with Crippen LogP contribution in [0.15, 0.2) is 92.3 Å². The van der Waals surface area contributed by atoms with Gasteiger partial charge in [-0.05, 0) is 54.1 Å². The van der Waals surface area contributed by atoms with Crippen LogP contribution in [-0.4, -0.2) is 40.5 Å². The molecule has 35 heavy (non-hydrogen) atoms. The third kappa shape index (κ3) is 5.84. The number of para-hydroxylation sites is 1. The van der Waals surface area contributed by atoms with Crippen LogP contribution in [0.5, 0.6) is 0 Å². The zero-order valence-corrected chi connectivity index (χ0v) is 20.9. The van der Waals surface area contributed by atoms with Crippen LogP contribution < -0.4 is 11.0 Å². The fourth-order valence-electron chi connectivity index (χ4n) is 3.19. The second kappa shape index (κ2) is 11.1. The molecule has 0 aliphatic carbocycles. The van der Waals surface area contributed by atoms with E-state index in [4.69, 9.17) is 0 Å². The van der Waals surface area contributed by atoms with Gasteiger partial charge in [-0.1, -0.05) is 52.0 Å². The van der Waals surface area contributed by atoms with Crippen molar-refractivity contribution in [2.24, 2.45) is 5.10 Å². The van der Waals surface area contributed by atoms with E-state index >= 15 is 0 Å². The third-order valence-corrected chi connectivity index (χ3v) is 6.36. The molecule has 0 saturated carbocycles. The summed E-state index contributed by atoms with van der Waals surface area (Å²) in [4.78, 5) is 41.8. The van der Waals surface area contributed by atoms with Gasteiger partial charge in [-0.3, -0.25) is 14.2 Å². The highest BCUT2D eigenvalue weighted by atomic mass is 79.9. The van der Waals surface area contributed by atoms with Crippen molar-refractivity contribution in [3.05, 3.63) is 98.7 Å². The van der Waals surface area contributed by atoms with E-state index in [1.54, 1.807) is 42.5 Å². The lowest BCUT2D eigenvalue weighted by Crippen LogP contribution is -2.24. The molecule has 4 aromatic rings. The van der Waals surface area contributed by atoms with Gasteiger partial charge in [-0.2, -0.15) is 5.10 Å². The summed E-state index contributed by atoms with van der Waals surface area (Å²) in [6.45, 7) is 0. The number of rotatable bonds is 7. The Morgan fingerprint density at radius 2 is 1.80 bits per heavy atom. The Bertz CT molecular complexity index is 1470. The van der Waals surface area contributed by atoms with Crippen molar-refractivity contribution in [1.82, 2.24) is 15.0 Å². The number of nitrogens with one attached hydrogen (secondary N) is 1. The zero-order chi connectivity index (χ0) is 24.8. The summed E-state index contributed by atoms with van der Waals surface area (Å²) < 4.78 is 7.05. The molecule has 0 saturated heterocycles. The minimum absolute atomic E-state index is 0.0000727. The molecule has 0 fully saturated rings. The van der Waals surface area contributed by atoms with Gasteiger partial charge in [0, 0.05) is 4.47 Å². The highest BCUT2D eigenvalue weighted by Crippen LogP contribution is 2.22. The molecule has 0 bridgehead atoms. The monoisotopic (exact) mass is 550 g/mol. The highest BCUT2D eigenvalue weighted by Gasteiger charge is 2.14. The molecule has 10 heteroatoms. The van der Waals surface area contributed by atoms with E-state index in [1.165, 1.54) is 17.9 Å². The number of benzene rings is 3. The number of halogens is 1. The molecule has 8 nitrogen and oxygen atoms in total. The largest absolute Gasteiger partial charge is 0.465 e. The normalized spacial score (nSPS) is 11.0. The van der Waals surface area contributed by atoms with E-state index in [2.05, 4.69) is 36.2 Å². The van der Waals surface area contributed by atoms with Gasteiger partial charge in [0.2, 0.25) is 0 Å². The minimum Gasteiger partial charge on any atom is -0.465 e. The first-order valence-electron chi connectivity index (χ1n) is 10.4. The van der Waals surface area contributed by atoms with Gasteiger partial charge in [-0.15, -0.1) is 0 Å². The molecule has 4 rings (SSSR count). The maximum absolute atomic E-state index is 13.2. The van der Waals surface area contributed by atoms with Crippen molar-refractivity contribution >= 4 is 56.7 Å². The number of thioether (sulfide) groups is 1. The molecular weight excluding hydrogens is 532 g/mol. The van der Waals surface area contributed by atoms with E-state index in [1.807, 2.05) is 30.3 Å². The molecule has 176 valence electrons. The maximum Gasteiger partial charge on any atom is 0.337 e. The second-order valence-corrected chi connectivity index (χ2v) is 9.08. The molecule has 1 amide bonds. The Labute approximate surface area is 213 Å². The Balaban J connectivity index is 1.49. The van der Waals surface area contributed by atoms with Crippen LogP contribution in [0.3, 0.4) is 0 Å². The number of hydrogen-bond donors (Lipinski definition) is 1. The van der Waals surface area contributed by atoms with Crippen LogP contribution in [0.25, 0.3) is 16.6 Å². The Kier molecular flexibility index (Phi) is 7.74. The van der Waals surface area contributed by atoms with Crippen molar-refractivity contribution in [2.75, 3.05) is 12.9 Å². The Morgan fingerprint density at radius 1 is 1.09 bits per heavy atom. The van der Waals surface area contributed by atoms with Gasteiger partial charge >= 0.3 is 5.97 Å².